The molecular formula is C12H15N7. The Bertz CT molecular complexity index is 656. The van der Waals surface area contributed by atoms with Gasteiger partial charge in [0.2, 0.25) is 0 Å². The zero-order valence-electron chi connectivity index (χ0n) is 10.6. The number of fused-ring (bicyclic) bond motifs is 1. The third kappa shape index (κ3) is 2.27. The molecule has 2 aromatic heterocycles. The van der Waals surface area contributed by atoms with Crippen LogP contribution < -0.4 is 10.6 Å². The van der Waals surface area contributed by atoms with E-state index in [2.05, 4.69) is 37.1 Å². The van der Waals surface area contributed by atoms with E-state index in [4.69, 9.17) is 0 Å². The minimum atomic E-state index is 0.850. The lowest BCUT2D eigenvalue weighted by atomic mass is 10.2. The maximum atomic E-state index is 4.09. The Morgan fingerprint density at radius 3 is 2.84 bits per heavy atom. The second kappa shape index (κ2) is 5.07. The first-order valence-electron chi connectivity index (χ1n) is 6.09. The molecule has 0 aliphatic heterocycles. The maximum absolute atomic E-state index is 4.09. The van der Waals surface area contributed by atoms with E-state index in [1.54, 1.807) is 12.7 Å². The smallest absolute Gasteiger partial charge is 0.123 e. The van der Waals surface area contributed by atoms with Gasteiger partial charge in [-0.05, 0) is 19.2 Å². The number of aromatic amines is 1. The molecule has 0 spiro atoms. The fourth-order valence-corrected chi connectivity index (χ4v) is 1.99. The summed E-state index contributed by atoms with van der Waals surface area (Å²) >= 11 is 0. The number of nitrogens with zero attached hydrogens (tertiary/aromatic N) is 4. The third-order valence-corrected chi connectivity index (χ3v) is 2.95. The van der Waals surface area contributed by atoms with Gasteiger partial charge in [-0.25, -0.2) is 0 Å². The Balaban J connectivity index is 2.00. The highest BCUT2D eigenvalue weighted by molar-refractivity contribution is 5.93. The molecule has 0 saturated carbocycles. The Hall–Kier alpha value is -2.41. The summed E-state index contributed by atoms with van der Waals surface area (Å²) in [4.78, 5) is 0. The number of anilines is 1. The van der Waals surface area contributed by atoms with Crippen LogP contribution in [-0.4, -0.2) is 45.1 Å². The molecule has 0 aliphatic rings. The molecule has 0 bridgehead atoms. The van der Waals surface area contributed by atoms with Crippen molar-refractivity contribution in [1.29, 1.82) is 0 Å². The Kier molecular flexibility index (Phi) is 3.11. The molecule has 0 atom stereocenters. The van der Waals surface area contributed by atoms with Crippen LogP contribution in [0, 0.1) is 0 Å². The molecule has 1 aromatic carbocycles. The van der Waals surface area contributed by atoms with Crippen molar-refractivity contribution < 1.29 is 0 Å². The molecule has 0 unspecified atom stereocenters. The van der Waals surface area contributed by atoms with Gasteiger partial charge in [0.05, 0.1) is 17.4 Å². The fourth-order valence-electron chi connectivity index (χ4n) is 1.99. The van der Waals surface area contributed by atoms with Gasteiger partial charge in [0, 0.05) is 24.2 Å². The van der Waals surface area contributed by atoms with E-state index in [0.29, 0.717) is 0 Å². The minimum absolute atomic E-state index is 0.850. The summed E-state index contributed by atoms with van der Waals surface area (Å²) in [6.07, 6.45) is 5.18. The van der Waals surface area contributed by atoms with Crippen molar-refractivity contribution in [2.75, 3.05) is 25.5 Å². The molecule has 7 nitrogen and oxygen atoms in total. The monoisotopic (exact) mass is 257 g/mol. The van der Waals surface area contributed by atoms with Crippen LogP contribution in [0.2, 0.25) is 0 Å². The van der Waals surface area contributed by atoms with Crippen molar-refractivity contribution >= 4 is 16.6 Å². The van der Waals surface area contributed by atoms with Crippen molar-refractivity contribution in [2.24, 2.45) is 0 Å². The van der Waals surface area contributed by atoms with E-state index >= 15 is 0 Å². The van der Waals surface area contributed by atoms with Gasteiger partial charge in [0.15, 0.2) is 0 Å². The van der Waals surface area contributed by atoms with Gasteiger partial charge < -0.3 is 10.6 Å². The van der Waals surface area contributed by atoms with E-state index in [-0.39, 0.29) is 0 Å². The molecular weight excluding hydrogens is 242 g/mol. The van der Waals surface area contributed by atoms with Crippen molar-refractivity contribution in [3.63, 3.8) is 0 Å². The molecule has 3 rings (SSSR count). The number of nitrogens with one attached hydrogen (secondary N) is 3. The predicted octanol–water partition coefficient (Wildman–Crippen LogP) is 0.775. The molecule has 19 heavy (non-hydrogen) atoms. The molecule has 98 valence electrons. The van der Waals surface area contributed by atoms with Crippen molar-refractivity contribution in [1.82, 2.24) is 30.3 Å². The number of hydrogen-bond donors (Lipinski definition) is 3. The molecule has 0 amide bonds. The van der Waals surface area contributed by atoms with Gasteiger partial charge in [-0.2, -0.15) is 5.10 Å². The summed E-state index contributed by atoms with van der Waals surface area (Å²) in [5.41, 5.74) is 3.03. The zero-order valence-corrected chi connectivity index (χ0v) is 10.6. The van der Waals surface area contributed by atoms with Gasteiger partial charge >= 0.3 is 0 Å². The molecule has 0 saturated heterocycles. The first-order valence-corrected chi connectivity index (χ1v) is 6.09. The number of likely N-dealkylation sites (N-methyl/N-ethyl adjacent to an activating group) is 1. The van der Waals surface area contributed by atoms with Crippen LogP contribution in [0.25, 0.3) is 16.6 Å². The molecule has 2 heterocycles. The molecule has 0 aliphatic carbocycles. The summed E-state index contributed by atoms with van der Waals surface area (Å²) in [5, 5.41) is 22.3. The molecule has 7 heteroatoms. The van der Waals surface area contributed by atoms with Crippen LogP contribution in [0.4, 0.5) is 5.69 Å². The number of hydrogen-bond acceptors (Lipinski definition) is 5. The summed E-state index contributed by atoms with van der Waals surface area (Å²) in [6, 6.07) is 4.09. The molecule has 0 fully saturated rings. The van der Waals surface area contributed by atoms with Crippen LogP contribution in [0.15, 0.2) is 31.0 Å². The van der Waals surface area contributed by atoms with E-state index < -0.39 is 0 Å². The topological polar surface area (TPSA) is 83.5 Å². The second-order valence-corrected chi connectivity index (χ2v) is 4.22. The second-order valence-electron chi connectivity index (χ2n) is 4.22. The van der Waals surface area contributed by atoms with Gasteiger partial charge in [-0.1, -0.05) is 0 Å². The Labute approximate surface area is 110 Å². The number of rotatable bonds is 5. The number of H-pyrrole nitrogens is 1. The lowest BCUT2D eigenvalue weighted by Gasteiger charge is -2.10. The Morgan fingerprint density at radius 1 is 1.21 bits per heavy atom. The van der Waals surface area contributed by atoms with Gasteiger partial charge in [0.1, 0.15) is 12.7 Å². The van der Waals surface area contributed by atoms with E-state index in [9.17, 15) is 0 Å². The quantitative estimate of drug-likeness (QED) is 0.588. The van der Waals surface area contributed by atoms with Crippen LogP contribution in [0.1, 0.15) is 0 Å². The van der Waals surface area contributed by atoms with Gasteiger partial charge in [-0.15, -0.1) is 10.2 Å². The van der Waals surface area contributed by atoms with Crippen LogP contribution >= 0.6 is 0 Å². The van der Waals surface area contributed by atoms with E-state index in [0.717, 1.165) is 35.4 Å². The standard InChI is InChI=1S/C12H15N7/c1-13-2-3-14-11-4-9(19-7-16-17-8-19)5-12-10(11)6-15-18-12/h4-8,13-14H,2-3H2,1H3,(H,15,18). The van der Waals surface area contributed by atoms with Crippen molar-refractivity contribution in [3.05, 3.63) is 31.0 Å². The van der Waals surface area contributed by atoms with Crippen LogP contribution in [-0.2, 0) is 0 Å². The van der Waals surface area contributed by atoms with Crippen LogP contribution in [0.3, 0.4) is 0 Å². The van der Waals surface area contributed by atoms with Crippen LogP contribution in [0.5, 0.6) is 0 Å². The summed E-state index contributed by atoms with van der Waals surface area (Å²) < 4.78 is 1.86. The first kappa shape index (κ1) is 11.7. The summed E-state index contributed by atoms with van der Waals surface area (Å²) in [7, 11) is 1.93. The highest BCUT2D eigenvalue weighted by atomic mass is 15.2. The van der Waals surface area contributed by atoms with Gasteiger partial charge in [-0.3, -0.25) is 9.67 Å². The highest BCUT2D eigenvalue weighted by Crippen LogP contribution is 2.25. The first-order chi connectivity index (χ1) is 9.38. The highest BCUT2D eigenvalue weighted by Gasteiger charge is 2.07. The molecule has 3 aromatic rings. The van der Waals surface area contributed by atoms with Gasteiger partial charge in [0.25, 0.3) is 0 Å². The SMILES string of the molecule is CNCCNc1cc(-n2cnnc2)cc2[nH]ncc12. The van der Waals surface area contributed by atoms with Crippen molar-refractivity contribution in [2.45, 2.75) is 0 Å². The average molecular weight is 257 g/mol. The maximum Gasteiger partial charge on any atom is 0.123 e. The zero-order chi connectivity index (χ0) is 13.1. The van der Waals surface area contributed by atoms with E-state index in [1.807, 2.05) is 23.9 Å². The number of aromatic nitrogens is 5. The Morgan fingerprint density at radius 2 is 2.05 bits per heavy atom. The average Bonchev–Trinajstić information content (AvgIpc) is 3.09. The third-order valence-electron chi connectivity index (χ3n) is 2.95. The molecule has 3 N–H and O–H groups in total. The van der Waals surface area contributed by atoms with E-state index in [1.165, 1.54) is 0 Å². The lowest BCUT2D eigenvalue weighted by molar-refractivity contribution is 0.824. The summed E-state index contributed by atoms with van der Waals surface area (Å²) in [5.74, 6) is 0. The van der Waals surface area contributed by atoms with Crippen molar-refractivity contribution in [3.8, 4) is 5.69 Å². The lowest BCUT2D eigenvalue weighted by Crippen LogP contribution is -2.17. The predicted molar refractivity (Wildman–Crippen MR) is 73.4 cm³/mol. The normalized spacial score (nSPS) is 11.0. The summed E-state index contributed by atoms with van der Waals surface area (Å²) in [6.45, 7) is 1.75. The number of benzene rings is 1. The fraction of sp³-hybridized carbons (Fsp3) is 0.250. The molecule has 0 radical (unpaired) electrons. The largest absolute Gasteiger partial charge is 0.383 e. The minimum Gasteiger partial charge on any atom is -0.383 e.